The molecule has 0 N–H and O–H groups in total. The van der Waals surface area contributed by atoms with E-state index in [4.69, 9.17) is 23.2 Å². The summed E-state index contributed by atoms with van der Waals surface area (Å²) >= 11 is 12.5. The van der Waals surface area contributed by atoms with E-state index in [1.165, 1.54) is 6.26 Å². The molecule has 0 radical (unpaired) electrons. The predicted octanol–water partition coefficient (Wildman–Crippen LogP) is 3.97. The van der Waals surface area contributed by atoms with Gasteiger partial charge in [0.25, 0.3) is 0 Å². The molecular weight excluding hydrogens is 353 g/mol. The largest absolute Gasteiger partial charge is 0.301 e. The monoisotopic (exact) mass is 369 g/mol. The van der Waals surface area contributed by atoms with Crippen molar-refractivity contribution in [1.82, 2.24) is 4.90 Å². The van der Waals surface area contributed by atoms with Gasteiger partial charge in [-0.3, -0.25) is 0 Å². The first-order valence-corrected chi connectivity index (χ1v) is 9.87. The molecule has 1 heterocycles. The van der Waals surface area contributed by atoms with Gasteiger partial charge in [0.2, 0.25) is 0 Å². The Labute approximate surface area is 146 Å². The van der Waals surface area contributed by atoms with E-state index in [0.29, 0.717) is 14.9 Å². The van der Waals surface area contributed by atoms with Gasteiger partial charge in [0.05, 0.1) is 4.90 Å². The van der Waals surface area contributed by atoms with Gasteiger partial charge in [-0.25, -0.2) is 8.42 Å². The quantitative estimate of drug-likeness (QED) is 0.803. The molecule has 122 valence electrons. The molecule has 1 unspecified atom stereocenters. The van der Waals surface area contributed by atoms with Crippen LogP contribution in [0.5, 0.6) is 0 Å². The third-order valence-electron chi connectivity index (χ3n) is 4.20. The Hall–Kier alpha value is -1.07. The van der Waals surface area contributed by atoms with E-state index < -0.39 is 9.84 Å². The van der Waals surface area contributed by atoms with Crippen molar-refractivity contribution in [3.05, 3.63) is 63.1 Å². The number of sulfone groups is 1. The molecule has 0 amide bonds. The molecule has 0 fully saturated rings. The highest BCUT2D eigenvalue weighted by molar-refractivity contribution is 7.90. The van der Waals surface area contributed by atoms with Crippen LogP contribution >= 0.6 is 23.2 Å². The average molecular weight is 370 g/mol. The predicted molar refractivity (Wildman–Crippen MR) is 94.2 cm³/mol. The first-order chi connectivity index (χ1) is 10.8. The van der Waals surface area contributed by atoms with Crippen LogP contribution in [0.3, 0.4) is 0 Å². The summed E-state index contributed by atoms with van der Waals surface area (Å²) in [7, 11) is -1.14. The highest BCUT2D eigenvalue weighted by Gasteiger charge is 2.27. The topological polar surface area (TPSA) is 37.4 Å². The van der Waals surface area contributed by atoms with Gasteiger partial charge >= 0.3 is 0 Å². The number of hydrogen-bond acceptors (Lipinski definition) is 3. The summed E-state index contributed by atoms with van der Waals surface area (Å²) in [6.07, 6.45) is 1.21. The van der Waals surface area contributed by atoms with Crippen molar-refractivity contribution < 1.29 is 8.42 Å². The minimum Gasteiger partial charge on any atom is -0.301 e. The fourth-order valence-corrected chi connectivity index (χ4v) is 4.28. The molecule has 0 saturated heterocycles. The Kier molecular flexibility index (Phi) is 4.45. The molecule has 0 bridgehead atoms. The lowest BCUT2D eigenvalue weighted by Gasteiger charge is -2.33. The SMILES string of the molecule is CN1Cc2c(Cl)cc(Cl)cc2C(c2ccc(S(C)(=O)=O)cc2)C1. The Morgan fingerprint density at radius 1 is 1.13 bits per heavy atom. The zero-order chi connectivity index (χ0) is 16.8. The third-order valence-corrected chi connectivity index (χ3v) is 5.89. The lowest BCUT2D eigenvalue weighted by molar-refractivity contribution is 0.295. The highest BCUT2D eigenvalue weighted by Crippen LogP contribution is 2.38. The van der Waals surface area contributed by atoms with Gasteiger partial charge in [-0.15, -0.1) is 0 Å². The van der Waals surface area contributed by atoms with Crippen molar-refractivity contribution in [1.29, 1.82) is 0 Å². The number of halogens is 2. The molecule has 0 spiro atoms. The standard InChI is InChI=1S/C17H17Cl2NO2S/c1-20-9-15(11-3-5-13(6-4-11)23(2,21)22)14-7-12(18)8-17(19)16(14)10-20/h3-8,15H,9-10H2,1-2H3. The Morgan fingerprint density at radius 3 is 2.39 bits per heavy atom. The van der Waals surface area contributed by atoms with Crippen LogP contribution in [0.25, 0.3) is 0 Å². The van der Waals surface area contributed by atoms with Crippen molar-refractivity contribution in [2.24, 2.45) is 0 Å². The summed E-state index contributed by atoms with van der Waals surface area (Å²) in [4.78, 5) is 2.53. The van der Waals surface area contributed by atoms with Crippen LogP contribution in [0.1, 0.15) is 22.6 Å². The number of likely N-dealkylation sites (N-methyl/N-ethyl adjacent to an activating group) is 1. The molecular formula is C17H17Cl2NO2S. The van der Waals surface area contributed by atoms with E-state index in [1.54, 1.807) is 18.2 Å². The van der Waals surface area contributed by atoms with E-state index in [2.05, 4.69) is 4.90 Å². The zero-order valence-electron chi connectivity index (χ0n) is 12.9. The average Bonchev–Trinajstić information content (AvgIpc) is 2.47. The van der Waals surface area contributed by atoms with Crippen LogP contribution in [-0.4, -0.2) is 33.2 Å². The van der Waals surface area contributed by atoms with Crippen LogP contribution in [0.2, 0.25) is 10.0 Å². The molecule has 0 saturated carbocycles. The van der Waals surface area contributed by atoms with Crippen LogP contribution in [0.4, 0.5) is 0 Å². The zero-order valence-corrected chi connectivity index (χ0v) is 15.2. The van der Waals surface area contributed by atoms with Gasteiger partial charge in [-0.2, -0.15) is 0 Å². The molecule has 23 heavy (non-hydrogen) atoms. The molecule has 1 aliphatic rings. The van der Waals surface area contributed by atoms with Gasteiger partial charge in [0.15, 0.2) is 9.84 Å². The summed E-state index contributed by atoms with van der Waals surface area (Å²) in [5.41, 5.74) is 3.26. The highest BCUT2D eigenvalue weighted by atomic mass is 35.5. The first kappa shape index (κ1) is 16.8. The second kappa shape index (κ2) is 6.10. The van der Waals surface area contributed by atoms with Gasteiger partial charge < -0.3 is 4.90 Å². The number of hydrogen-bond donors (Lipinski definition) is 0. The molecule has 1 aliphatic heterocycles. The number of nitrogens with zero attached hydrogens (tertiary/aromatic N) is 1. The maximum Gasteiger partial charge on any atom is 0.175 e. The summed E-state index contributed by atoms with van der Waals surface area (Å²) < 4.78 is 23.2. The van der Waals surface area contributed by atoms with E-state index in [-0.39, 0.29) is 5.92 Å². The Balaban J connectivity index is 2.08. The second-order valence-corrected chi connectivity index (χ2v) is 8.91. The van der Waals surface area contributed by atoms with Crippen LogP contribution in [0.15, 0.2) is 41.3 Å². The van der Waals surface area contributed by atoms with Gasteiger partial charge in [-0.1, -0.05) is 35.3 Å². The van der Waals surface area contributed by atoms with Crippen LogP contribution in [0, 0.1) is 0 Å². The van der Waals surface area contributed by atoms with Crippen molar-refractivity contribution in [3.8, 4) is 0 Å². The van der Waals surface area contributed by atoms with Gasteiger partial charge in [0.1, 0.15) is 0 Å². The smallest absolute Gasteiger partial charge is 0.175 e. The fourth-order valence-electron chi connectivity index (χ4n) is 3.08. The number of rotatable bonds is 2. The molecule has 3 nitrogen and oxygen atoms in total. The van der Waals surface area contributed by atoms with Gasteiger partial charge in [-0.05, 0) is 48.0 Å². The lowest BCUT2D eigenvalue weighted by Crippen LogP contribution is -2.31. The molecule has 0 aromatic heterocycles. The van der Waals surface area contributed by atoms with E-state index in [0.717, 1.165) is 29.8 Å². The minimum absolute atomic E-state index is 0.119. The van der Waals surface area contributed by atoms with Crippen molar-refractivity contribution in [2.75, 3.05) is 19.8 Å². The number of benzene rings is 2. The molecule has 3 rings (SSSR count). The van der Waals surface area contributed by atoms with Crippen molar-refractivity contribution in [2.45, 2.75) is 17.4 Å². The van der Waals surface area contributed by atoms with Crippen LogP contribution in [-0.2, 0) is 16.4 Å². The van der Waals surface area contributed by atoms with Crippen LogP contribution < -0.4 is 0 Å². The number of fused-ring (bicyclic) bond motifs is 1. The Bertz CT molecular complexity index is 848. The first-order valence-electron chi connectivity index (χ1n) is 7.22. The molecule has 6 heteroatoms. The van der Waals surface area contributed by atoms with Gasteiger partial charge in [0, 0.05) is 35.3 Å². The summed E-state index contributed by atoms with van der Waals surface area (Å²) in [5, 5.41) is 1.30. The maximum atomic E-state index is 11.6. The van der Waals surface area contributed by atoms with E-state index in [9.17, 15) is 8.42 Å². The maximum absolute atomic E-state index is 11.6. The van der Waals surface area contributed by atoms with Crippen molar-refractivity contribution in [3.63, 3.8) is 0 Å². The minimum atomic E-state index is -3.19. The van der Waals surface area contributed by atoms with Crippen molar-refractivity contribution >= 4 is 33.0 Å². The van der Waals surface area contributed by atoms with E-state index >= 15 is 0 Å². The Morgan fingerprint density at radius 2 is 1.78 bits per heavy atom. The summed E-state index contributed by atoms with van der Waals surface area (Å²) in [6, 6.07) is 10.8. The molecule has 0 aliphatic carbocycles. The summed E-state index contributed by atoms with van der Waals surface area (Å²) in [6.45, 7) is 1.62. The normalized spacial score (nSPS) is 18.7. The second-order valence-electron chi connectivity index (χ2n) is 6.05. The summed E-state index contributed by atoms with van der Waals surface area (Å²) in [5.74, 6) is 0.119. The third kappa shape index (κ3) is 3.41. The molecule has 2 aromatic rings. The molecule has 2 aromatic carbocycles. The molecule has 1 atom stereocenters. The lowest BCUT2D eigenvalue weighted by atomic mass is 9.85. The fraction of sp³-hybridized carbons (Fsp3) is 0.294. The van der Waals surface area contributed by atoms with E-state index in [1.807, 2.05) is 25.2 Å².